The molecule has 0 heterocycles. The van der Waals surface area contributed by atoms with Gasteiger partial charge < -0.3 is 4.74 Å². The van der Waals surface area contributed by atoms with Crippen LogP contribution in [-0.4, -0.2) is 0 Å². The molecule has 0 amide bonds. The van der Waals surface area contributed by atoms with Crippen molar-refractivity contribution in [3.05, 3.63) is 23.6 Å². The molecule has 0 N–H and O–H groups in total. The van der Waals surface area contributed by atoms with Crippen molar-refractivity contribution in [1.82, 2.24) is 0 Å². The van der Waals surface area contributed by atoms with Crippen molar-refractivity contribution in [3.63, 3.8) is 0 Å². The van der Waals surface area contributed by atoms with Gasteiger partial charge in [-0.1, -0.05) is 0 Å². The predicted octanol–water partition coefficient (Wildman–Crippen LogP) is 2.64. The van der Waals surface area contributed by atoms with Crippen LogP contribution in [0.4, 0.5) is 0 Å². The van der Waals surface area contributed by atoms with Gasteiger partial charge in [-0.05, 0) is 38.1 Å². The van der Waals surface area contributed by atoms with Gasteiger partial charge in [0.2, 0.25) is 0 Å². The molecule has 8 heavy (non-hydrogen) atoms. The first-order chi connectivity index (χ1) is 3.66. The second kappa shape index (κ2) is 3.56. The van der Waals surface area contributed by atoms with Crippen LogP contribution >= 0.6 is 11.6 Å². The molecule has 46 valence electrons. The van der Waals surface area contributed by atoms with Gasteiger partial charge in [-0.25, -0.2) is 0 Å². The lowest BCUT2D eigenvalue weighted by Crippen LogP contribution is -1.78. The van der Waals surface area contributed by atoms with E-state index in [1.54, 1.807) is 0 Å². The Morgan fingerprint density at radius 1 is 1.75 bits per heavy atom. The van der Waals surface area contributed by atoms with Crippen LogP contribution in [0.3, 0.4) is 0 Å². The molecule has 1 nitrogen and oxygen atoms in total. The van der Waals surface area contributed by atoms with Crippen LogP contribution in [0.1, 0.15) is 13.8 Å². The second-order valence-corrected chi connectivity index (χ2v) is 1.78. The Balaban J connectivity index is 3.56. The average Bonchev–Trinajstić information content (AvgIpc) is 1.65. The van der Waals surface area contributed by atoms with Gasteiger partial charge in [0.1, 0.15) is 0 Å². The van der Waals surface area contributed by atoms with E-state index >= 15 is 0 Å². The zero-order valence-electron chi connectivity index (χ0n) is 5.07. The average molecular weight is 133 g/mol. The summed E-state index contributed by atoms with van der Waals surface area (Å²) < 4.78 is 4.83. The summed E-state index contributed by atoms with van der Waals surface area (Å²) in [7, 11) is 0. The summed E-state index contributed by atoms with van der Waals surface area (Å²) in [5.74, 6) is 0.769. The van der Waals surface area contributed by atoms with E-state index in [9.17, 15) is 0 Å². The van der Waals surface area contributed by atoms with Crippen molar-refractivity contribution in [2.45, 2.75) is 13.8 Å². The first kappa shape index (κ1) is 7.57. The van der Waals surface area contributed by atoms with Crippen molar-refractivity contribution in [1.29, 1.82) is 0 Å². The Hall–Kier alpha value is -0.430. The molecule has 0 aliphatic carbocycles. The Bertz CT molecular complexity index is 116. The maximum atomic E-state index is 5.29. The number of hydrogen-bond donors (Lipinski definition) is 0. The van der Waals surface area contributed by atoms with Gasteiger partial charge in [0.05, 0.1) is 5.76 Å². The van der Waals surface area contributed by atoms with E-state index in [0.29, 0.717) is 0 Å². The maximum Gasteiger partial charge on any atom is 0.186 e. The summed E-state index contributed by atoms with van der Waals surface area (Å²) in [5, 5.41) is 0.209. The van der Waals surface area contributed by atoms with Gasteiger partial charge in [-0.15, -0.1) is 0 Å². The lowest BCUT2D eigenvalue weighted by Gasteiger charge is -1.98. The van der Waals surface area contributed by atoms with Crippen LogP contribution in [0.15, 0.2) is 23.6 Å². The molecule has 0 aromatic heterocycles. The molecule has 0 rings (SSSR count). The number of rotatable bonds is 2. The van der Waals surface area contributed by atoms with E-state index in [1.807, 2.05) is 19.9 Å². The van der Waals surface area contributed by atoms with Crippen LogP contribution in [0.25, 0.3) is 0 Å². The molecular weight excluding hydrogens is 124 g/mol. The molecule has 0 unspecified atom stereocenters. The Morgan fingerprint density at radius 2 is 2.25 bits per heavy atom. The van der Waals surface area contributed by atoms with Crippen molar-refractivity contribution < 1.29 is 4.74 Å². The summed E-state index contributed by atoms with van der Waals surface area (Å²) in [4.78, 5) is 0. The zero-order valence-corrected chi connectivity index (χ0v) is 5.83. The van der Waals surface area contributed by atoms with E-state index in [0.717, 1.165) is 5.76 Å². The topological polar surface area (TPSA) is 9.23 Å². The summed E-state index contributed by atoms with van der Waals surface area (Å²) in [6, 6.07) is 0. The first-order valence-electron chi connectivity index (χ1n) is 2.32. The minimum absolute atomic E-state index is 0.209. The third kappa shape index (κ3) is 3.75. The highest BCUT2D eigenvalue weighted by Crippen LogP contribution is 2.05. The standard InChI is InChI=1S/C6H9ClO/c1-4-5(2)8-6(3)7/h4H,3H2,1-2H3/b5-4+. The summed E-state index contributed by atoms with van der Waals surface area (Å²) in [6.07, 6.45) is 1.81. The minimum atomic E-state index is 0.209. The predicted molar refractivity (Wildman–Crippen MR) is 35.5 cm³/mol. The van der Waals surface area contributed by atoms with Gasteiger partial charge in [0.25, 0.3) is 0 Å². The van der Waals surface area contributed by atoms with Crippen LogP contribution in [0.2, 0.25) is 0 Å². The normalized spacial score (nSPS) is 11.1. The molecule has 0 atom stereocenters. The monoisotopic (exact) mass is 132 g/mol. The molecule has 0 fully saturated rings. The molecule has 0 radical (unpaired) electrons. The van der Waals surface area contributed by atoms with Crippen molar-refractivity contribution in [2.75, 3.05) is 0 Å². The zero-order chi connectivity index (χ0) is 6.57. The SMILES string of the molecule is C=C(Cl)O/C(C)=C/C. The third-order valence-electron chi connectivity index (χ3n) is 0.678. The van der Waals surface area contributed by atoms with Crippen LogP contribution in [0, 0.1) is 0 Å². The Morgan fingerprint density at radius 3 is 2.38 bits per heavy atom. The van der Waals surface area contributed by atoms with E-state index in [1.165, 1.54) is 0 Å². The highest BCUT2D eigenvalue weighted by molar-refractivity contribution is 6.28. The fourth-order valence-corrected chi connectivity index (χ4v) is 0.355. The van der Waals surface area contributed by atoms with Gasteiger partial charge in [0.15, 0.2) is 5.22 Å². The van der Waals surface area contributed by atoms with Crippen LogP contribution in [0.5, 0.6) is 0 Å². The van der Waals surface area contributed by atoms with E-state index in [4.69, 9.17) is 16.3 Å². The molecule has 0 bridgehead atoms. The highest BCUT2D eigenvalue weighted by Gasteiger charge is 1.86. The molecule has 0 aliphatic rings. The summed E-state index contributed by atoms with van der Waals surface area (Å²) in [5.41, 5.74) is 0. The number of hydrogen-bond acceptors (Lipinski definition) is 1. The van der Waals surface area contributed by atoms with Crippen molar-refractivity contribution in [2.24, 2.45) is 0 Å². The molecule has 0 spiro atoms. The van der Waals surface area contributed by atoms with Gasteiger partial charge in [0, 0.05) is 0 Å². The minimum Gasteiger partial charge on any atom is -0.451 e. The fourth-order valence-electron chi connectivity index (χ4n) is 0.234. The molecule has 0 aromatic carbocycles. The fraction of sp³-hybridized carbons (Fsp3) is 0.333. The number of allylic oxidation sites excluding steroid dienone is 2. The highest BCUT2D eigenvalue weighted by atomic mass is 35.5. The number of halogens is 1. The molecule has 0 saturated heterocycles. The van der Waals surface area contributed by atoms with Gasteiger partial charge >= 0.3 is 0 Å². The summed E-state index contributed by atoms with van der Waals surface area (Å²) >= 11 is 5.29. The van der Waals surface area contributed by atoms with Crippen LogP contribution in [-0.2, 0) is 4.74 Å². The quantitative estimate of drug-likeness (QED) is 0.525. The molecule has 2 heteroatoms. The van der Waals surface area contributed by atoms with Gasteiger partial charge in [-0.2, -0.15) is 0 Å². The Labute approximate surface area is 54.6 Å². The van der Waals surface area contributed by atoms with E-state index < -0.39 is 0 Å². The smallest absolute Gasteiger partial charge is 0.186 e. The van der Waals surface area contributed by atoms with Crippen molar-refractivity contribution >= 4 is 11.6 Å². The van der Waals surface area contributed by atoms with Gasteiger partial charge in [-0.3, -0.25) is 0 Å². The second-order valence-electron chi connectivity index (χ2n) is 1.36. The largest absolute Gasteiger partial charge is 0.451 e. The van der Waals surface area contributed by atoms with E-state index in [2.05, 4.69) is 6.58 Å². The number of ether oxygens (including phenoxy) is 1. The molecule has 0 saturated carbocycles. The summed E-state index contributed by atoms with van der Waals surface area (Å²) in [6.45, 7) is 7.03. The molecular formula is C6H9ClO. The molecule has 0 aliphatic heterocycles. The van der Waals surface area contributed by atoms with Crippen LogP contribution < -0.4 is 0 Å². The third-order valence-corrected chi connectivity index (χ3v) is 0.755. The maximum absolute atomic E-state index is 5.29. The van der Waals surface area contributed by atoms with Crippen molar-refractivity contribution in [3.8, 4) is 0 Å². The Kier molecular flexibility index (Phi) is 3.37. The first-order valence-corrected chi connectivity index (χ1v) is 2.69. The lowest BCUT2D eigenvalue weighted by molar-refractivity contribution is 0.338. The van der Waals surface area contributed by atoms with E-state index in [-0.39, 0.29) is 5.22 Å². The molecule has 0 aromatic rings. The lowest BCUT2D eigenvalue weighted by atomic mass is 10.5.